The van der Waals surface area contributed by atoms with Crippen molar-refractivity contribution in [1.29, 1.82) is 0 Å². The molecule has 5 heteroatoms. The summed E-state index contributed by atoms with van der Waals surface area (Å²) in [5.41, 5.74) is 0.0632. The van der Waals surface area contributed by atoms with Gasteiger partial charge in [0.1, 0.15) is 6.04 Å². The van der Waals surface area contributed by atoms with Gasteiger partial charge >= 0.3 is 0 Å². The summed E-state index contributed by atoms with van der Waals surface area (Å²) in [6, 6.07) is -0.354. The second-order valence-electron chi connectivity index (χ2n) is 6.58. The van der Waals surface area contributed by atoms with E-state index >= 15 is 0 Å². The van der Waals surface area contributed by atoms with Crippen molar-refractivity contribution in [3.05, 3.63) is 0 Å². The molecule has 1 aliphatic heterocycles. The highest BCUT2D eigenvalue weighted by atomic mass is 16.2. The van der Waals surface area contributed by atoms with Crippen LogP contribution in [0.3, 0.4) is 0 Å². The molecule has 2 N–H and O–H groups in total. The maximum atomic E-state index is 12.9. The molecule has 1 aliphatic carbocycles. The van der Waals surface area contributed by atoms with Crippen LogP contribution in [-0.4, -0.2) is 48.9 Å². The van der Waals surface area contributed by atoms with E-state index in [1.54, 1.807) is 4.90 Å². The minimum atomic E-state index is -0.354. The normalized spacial score (nSPS) is 29.2. The van der Waals surface area contributed by atoms with Gasteiger partial charge in [0.15, 0.2) is 0 Å². The zero-order valence-corrected chi connectivity index (χ0v) is 12.9. The van der Waals surface area contributed by atoms with E-state index in [2.05, 4.69) is 24.5 Å². The molecule has 1 saturated carbocycles. The smallest absolute Gasteiger partial charge is 0.244 e. The van der Waals surface area contributed by atoms with Crippen LogP contribution in [-0.2, 0) is 9.59 Å². The molecule has 0 aromatic carbocycles. The summed E-state index contributed by atoms with van der Waals surface area (Å²) < 4.78 is 0. The van der Waals surface area contributed by atoms with Crippen molar-refractivity contribution >= 4 is 11.8 Å². The molecular formula is C15H27N3O2. The highest BCUT2D eigenvalue weighted by Crippen LogP contribution is 2.43. The first kappa shape index (κ1) is 15.3. The monoisotopic (exact) mass is 281 g/mol. The second-order valence-corrected chi connectivity index (χ2v) is 6.58. The summed E-state index contributed by atoms with van der Waals surface area (Å²) in [6.07, 6.45) is 3.17. The molecule has 1 saturated heterocycles. The summed E-state index contributed by atoms with van der Waals surface area (Å²) in [7, 11) is 0. The number of hydrogen-bond donors (Lipinski definition) is 2. The molecule has 114 valence electrons. The predicted octanol–water partition coefficient (Wildman–Crippen LogP) is 0.749. The lowest BCUT2D eigenvalue weighted by Crippen LogP contribution is -2.61. The van der Waals surface area contributed by atoms with Gasteiger partial charge in [0.05, 0.1) is 0 Å². The molecule has 0 radical (unpaired) electrons. The van der Waals surface area contributed by atoms with Crippen molar-refractivity contribution in [3.8, 4) is 0 Å². The molecule has 1 heterocycles. The highest BCUT2D eigenvalue weighted by Gasteiger charge is 2.44. The van der Waals surface area contributed by atoms with Crippen molar-refractivity contribution in [3.63, 3.8) is 0 Å². The largest absolute Gasteiger partial charge is 0.355 e. The fraction of sp³-hybridized carbons (Fsp3) is 0.867. The summed E-state index contributed by atoms with van der Waals surface area (Å²) in [5, 5.41) is 6.05. The number of carbonyl (C=O) groups is 2. The molecule has 2 aliphatic rings. The maximum absolute atomic E-state index is 12.9. The molecule has 0 spiro atoms. The Morgan fingerprint density at radius 2 is 2.15 bits per heavy atom. The van der Waals surface area contributed by atoms with Gasteiger partial charge in [-0.2, -0.15) is 0 Å². The van der Waals surface area contributed by atoms with Crippen molar-refractivity contribution in [1.82, 2.24) is 15.5 Å². The van der Waals surface area contributed by atoms with Crippen molar-refractivity contribution in [2.24, 2.45) is 11.3 Å². The molecule has 20 heavy (non-hydrogen) atoms. The first-order valence-electron chi connectivity index (χ1n) is 7.76. The zero-order chi connectivity index (χ0) is 14.8. The van der Waals surface area contributed by atoms with E-state index in [4.69, 9.17) is 0 Å². The van der Waals surface area contributed by atoms with Crippen LogP contribution in [0, 0.1) is 11.3 Å². The number of piperazine rings is 1. The lowest BCUT2D eigenvalue weighted by atomic mass is 9.80. The third-order valence-corrected chi connectivity index (χ3v) is 4.74. The van der Waals surface area contributed by atoms with E-state index in [1.807, 2.05) is 6.92 Å². The highest BCUT2D eigenvalue weighted by molar-refractivity contribution is 5.89. The van der Waals surface area contributed by atoms with Crippen LogP contribution < -0.4 is 10.6 Å². The average molecular weight is 281 g/mol. The number of carbonyl (C=O) groups excluding carboxylic acids is 2. The van der Waals surface area contributed by atoms with Crippen LogP contribution in [0.25, 0.3) is 0 Å². The Morgan fingerprint density at radius 1 is 1.40 bits per heavy atom. The Labute approximate surface area is 121 Å². The molecule has 0 aromatic rings. The number of hydrogen-bond acceptors (Lipinski definition) is 3. The Hall–Kier alpha value is -1.10. The van der Waals surface area contributed by atoms with Gasteiger partial charge in [0, 0.05) is 32.1 Å². The lowest BCUT2D eigenvalue weighted by Gasteiger charge is -2.39. The summed E-state index contributed by atoms with van der Waals surface area (Å²) in [4.78, 5) is 26.8. The third kappa shape index (κ3) is 2.97. The van der Waals surface area contributed by atoms with Gasteiger partial charge < -0.3 is 15.5 Å². The van der Waals surface area contributed by atoms with E-state index in [0.29, 0.717) is 19.6 Å². The molecule has 2 amide bonds. The Balaban J connectivity index is 2.11. The van der Waals surface area contributed by atoms with Crippen LogP contribution in [0.1, 0.15) is 40.0 Å². The van der Waals surface area contributed by atoms with Crippen molar-refractivity contribution in [2.45, 2.75) is 46.1 Å². The van der Waals surface area contributed by atoms with Crippen molar-refractivity contribution < 1.29 is 9.59 Å². The van der Waals surface area contributed by atoms with Crippen LogP contribution in [0.2, 0.25) is 0 Å². The number of likely N-dealkylation sites (N-methyl/N-ethyl adjacent to an activating group) is 1. The molecule has 0 bridgehead atoms. The van der Waals surface area contributed by atoms with Crippen LogP contribution in [0.5, 0.6) is 0 Å². The SMILES string of the molecule is CCNC(=O)C1CNCCN1C(=O)C1CCCC1(C)C. The van der Waals surface area contributed by atoms with E-state index in [-0.39, 0.29) is 29.2 Å². The van der Waals surface area contributed by atoms with Crippen LogP contribution in [0.15, 0.2) is 0 Å². The quantitative estimate of drug-likeness (QED) is 0.802. The fourth-order valence-corrected chi connectivity index (χ4v) is 3.48. The Kier molecular flexibility index (Phi) is 4.68. The van der Waals surface area contributed by atoms with E-state index in [9.17, 15) is 9.59 Å². The summed E-state index contributed by atoms with van der Waals surface area (Å²) in [6.45, 7) is 8.82. The third-order valence-electron chi connectivity index (χ3n) is 4.74. The van der Waals surface area contributed by atoms with Gasteiger partial charge in [-0.25, -0.2) is 0 Å². The van der Waals surface area contributed by atoms with Gasteiger partial charge in [0.2, 0.25) is 11.8 Å². The molecule has 2 fully saturated rings. The molecule has 2 unspecified atom stereocenters. The van der Waals surface area contributed by atoms with E-state index in [0.717, 1.165) is 25.8 Å². The Morgan fingerprint density at radius 3 is 2.75 bits per heavy atom. The molecule has 2 rings (SSSR count). The van der Waals surface area contributed by atoms with Gasteiger partial charge in [-0.3, -0.25) is 9.59 Å². The molecule has 0 aromatic heterocycles. The number of rotatable bonds is 3. The lowest BCUT2D eigenvalue weighted by molar-refractivity contribution is -0.147. The number of nitrogens with zero attached hydrogens (tertiary/aromatic N) is 1. The van der Waals surface area contributed by atoms with Crippen molar-refractivity contribution in [2.75, 3.05) is 26.2 Å². The minimum Gasteiger partial charge on any atom is -0.355 e. The molecular weight excluding hydrogens is 254 g/mol. The summed E-state index contributed by atoms with van der Waals surface area (Å²) >= 11 is 0. The second kappa shape index (κ2) is 6.12. The number of amides is 2. The molecule has 5 nitrogen and oxygen atoms in total. The van der Waals surface area contributed by atoms with Gasteiger partial charge in [-0.15, -0.1) is 0 Å². The topological polar surface area (TPSA) is 61.4 Å². The Bertz CT molecular complexity index is 381. The molecule has 2 atom stereocenters. The minimum absolute atomic E-state index is 0.0381. The zero-order valence-electron chi connectivity index (χ0n) is 12.9. The first-order valence-corrected chi connectivity index (χ1v) is 7.76. The number of nitrogens with one attached hydrogen (secondary N) is 2. The van der Waals surface area contributed by atoms with Crippen LogP contribution in [0.4, 0.5) is 0 Å². The van der Waals surface area contributed by atoms with E-state index in [1.165, 1.54) is 0 Å². The maximum Gasteiger partial charge on any atom is 0.244 e. The van der Waals surface area contributed by atoms with Gasteiger partial charge in [-0.1, -0.05) is 20.3 Å². The average Bonchev–Trinajstić information content (AvgIpc) is 2.78. The summed E-state index contributed by atoms with van der Waals surface area (Å²) in [5.74, 6) is 0.201. The predicted molar refractivity (Wildman–Crippen MR) is 78.2 cm³/mol. The van der Waals surface area contributed by atoms with E-state index < -0.39 is 0 Å². The van der Waals surface area contributed by atoms with Gasteiger partial charge in [-0.05, 0) is 25.2 Å². The van der Waals surface area contributed by atoms with Gasteiger partial charge in [0.25, 0.3) is 0 Å². The van der Waals surface area contributed by atoms with Crippen LogP contribution >= 0.6 is 0 Å². The standard InChI is InChI=1S/C15H27N3O2/c1-4-17-13(19)12-10-16-8-9-18(12)14(20)11-6-5-7-15(11,2)3/h11-12,16H,4-10H2,1-3H3,(H,17,19). The fourth-order valence-electron chi connectivity index (χ4n) is 3.48. The first-order chi connectivity index (χ1) is 9.47.